The number of nitrogens with zero attached hydrogens (tertiary/aromatic N) is 1. The maximum absolute atomic E-state index is 11.9. The Morgan fingerprint density at radius 1 is 1.40 bits per heavy atom. The summed E-state index contributed by atoms with van der Waals surface area (Å²) in [6.07, 6.45) is 2.16. The number of carbonyl (C=O) groups is 1. The molecule has 4 nitrogen and oxygen atoms in total. The molecule has 2 aromatic rings. The van der Waals surface area contributed by atoms with E-state index in [0.29, 0.717) is 22.8 Å². The Morgan fingerprint density at radius 2 is 2.20 bits per heavy atom. The average molecular weight is 291 g/mol. The zero-order chi connectivity index (χ0) is 14.5. The highest BCUT2D eigenvalue weighted by Crippen LogP contribution is 2.13. The summed E-state index contributed by atoms with van der Waals surface area (Å²) in [6, 6.07) is 8.99. The van der Waals surface area contributed by atoms with Crippen LogP contribution in [0.4, 0.5) is 0 Å². The van der Waals surface area contributed by atoms with Gasteiger partial charge in [0.2, 0.25) is 0 Å². The Kier molecular flexibility index (Phi) is 4.58. The lowest BCUT2D eigenvalue weighted by Gasteiger charge is -2.05. The van der Waals surface area contributed by atoms with Crippen LogP contribution in [0.2, 0.25) is 5.02 Å². The fraction of sp³-hybridized carbons (Fsp3) is 0.200. The van der Waals surface area contributed by atoms with E-state index in [0.717, 1.165) is 11.3 Å². The number of aryl methyl sites for hydroxylation is 1. The predicted octanol–water partition coefficient (Wildman–Crippen LogP) is 3.79. The van der Waals surface area contributed by atoms with Crippen LogP contribution in [0.3, 0.4) is 0 Å². The number of benzene rings is 1. The average Bonchev–Trinajstić information content (AvgIpc) is 2.85. The first-order valence-electron chi connectivity index (χ1n) is 6.28. The lowest BCUT2D eigenvalue weighted by Crippen LogP contribution is -2.20. The van der Waals surface area contributed by atoms with Gasteiger partial charge in [-0.1, -0.05) is 30.7 Å². The summed E-state index contributed by atoms with van der Waals surface area (Å²) in [4.78, 5) is 11.9. The summed E-state index contributed by atoms with van der Waals surface area (Å²) in [6.45, 7) is 3.70. The van der Waals surface area contributed by atoms with Crippen molar-refractivity contribution in [2.24, 2.45) is 5.10 Å². The van der Waals surface area contributed by atoms with Crippen LogP contribution in [0.5, 0.6) is 0 Å². The molecule has 0 aliphatic carbocycles. The topological polar surface area (TPSA) is 54.6 Å². The van der Waals surface area contributed by atoms with Crippen molar-refractivity contribution < 1.29 is 9.21 Å². The van der Waals surface area contributed by atoms with Crippen molar-refractivity contribution in [3.8, 4) is 0 Å². The number of hydrogen-bond donors (Lipinski definition) is 1. The van der Waals surface area contributed by atoms with Crippen LogP contribution < -0.4 is 5.43 Å². The highest BCUT2D eigenvalue weighted by atomic mass is 35.5. The van der Waals surface area contributed by atoms with Crippen LogP contribution >= 0.6 is 11.6 Å². The van der Waals surface area contributed by atoms with Crippen molar-refractivity contribution in [1.82, 2.24) is 5.43 Å². The molecule has 1 aromatic carbocycles. The van der Waals surface area contributed by atoms with Crippen molar-refractivity contribution >= 4 is 23.2 Å². The number of hydrazone groups is 1. The number of halogens is 1. The molecule has 0 saturated heterocycles. The van der Waals surface area contributed by atoms with E-state index in [1.54, 1.807) is 19.1 Å². The monoisotopic (exact) mass is 290 g/mol. The summed E-state index contributed by atoms with van der Waals surface area (Å²) in [5.41, 5.74) is 4.68. The largest absolute Gasteiger partial charge is 0.469 e. The maximum atomic E-state index is 11.9. The van der Waals surface area contributed by atoms with E-state index in [-0.39, 0.29) is 5.91 Å². The highest BCUT2D eigenvalue weighted by molar-refractivity contribution is 6.31. The molecule has 0 spiro atoms. The Bertz CT molecular complexity index is 647. The Hall–Kier alpha value is -2.07. The second kappa shape index (κ2) is 6.39. The number of furan rings is 1. The summed E-state index contributed by atoms with van der Waals surface area (Å²) >= 11 is 5.96. The molecule has 0 radical (unpaired) electrons. The standard InChI is InChI=1S/C15H15ClN2O2/c1-3-14(11-5-4-6-12(16)9-11)17-18-15(19)13-7-8-20-10(13)2/h4-9H,3H2,1-2H3,(H,18,19)/b17-14+. The van der Waals surface area contributed by atoms with Crippen molar-refractivity contribution in [3.63, 3.8) is 0 Å². The van der Waals surface area contributed by atoms with E-state index < -0.39 is 0 Å². The number of carbonyl (C=O) groups excluding carboxylic acids is 1. The quantitative estimate of drug-likeness (QED) is 0.688. The second-order valence-corrected chi connectivity index (χ2v) is 4.69. The molecular formula is C15H15ClN2O2. The van der Waals surface area contributed by atoms with E-state index in [1.165, 1.54) is 6.26 Å². The van der Waals surface area contributed by atoms with Crippen molar-refractivity contribution in [2.45, 2.75) is 20.3 Å². The van der Waals surface area contributed by atoms with Crippen LogP contribution in [0, 0.1) is 6.92 Å². The van der Waals surface area contributed by atoms with Gasteiger partial charge < -0.3 is 4.42 Å². The molecule has 0 atom stereocenters. The fourth-order valence-corrected chi connectivity index (χ4v) is 2.01. The molecule has 104 valence electrons. The SMILES string of the molecule is CC/C(=N\NC(=O)c1ccoc1C)c1cccc(Cl)c1. The van der Waals surface area contributed by atoms with E-state index in [9.17, 15) is 4.79 Å². The van der Waals surface area contributed by atoms with E-state index in [4.69, 9.17) is 16.0 Å². The first-order chi connectivity index (χ1) is 9.61. The minimum Gasteiger partial charge on any atom is -0.469 e. The van der Waals surface area contributed by atoms with Crippen LogP contribution in [-0.4, -0.2) is 11.6 Å². The molecule has 1 amide bonds. The zero-order valence-corrected chi connectivity index (χ0v) is 12.1. The fourth-order valence-electron chi connectivity index (χ4n) is 1.81. The normalized spacial score (nSPS) is 11.4. The molecule has 5 heteroatoms. The van der Waals surface area contributed by atoms with E-state index >= 15 is 0 Å². The number of amides is 1. The third kappa shape index (κ3) is 3.27. The Labute approximate surface area is 122 Å². The van der Waals surface area contributed by atoms with Gasteiger partial charge in [-0.2, -0.15) is 5.10 Å². The second-order valence-electron chi connectivity index (χ2n) is 4.25. The van der Waals surface area contributed by atoms with E-state index in [1.807, 2.05) is 25.1 Å². The molecule has 1 N–H and O–H groups in total. The molecule has 1 heterocycles. The zero-order valence-electron chi connectivity index (χ0n) is 11.3. The lowest BCUT2D eigenvalue weighted by atomic mass is 10.1. The van der Waals surface area contributed by atoms with Gasteiger partial charge in [-0.15, -0.1) is 0 Å². The highest BCUT2D eigenvalue weighted by Gasteiger charge is 2.11. The third-order valence-electron chi connectivity index (χ3n) is 2.89. The molecule has 0 saturated carbocycles. The van der Waals surface area contributed by atoms with Gasteiger partial charge in [-0.3, -0.25) is 4.79 Å². The maximum Gasteiger partial charge on any atom is 0.274 e. The number of rotatable bonds is 4. The Morgan fingerprint density at radius 3 is 2.80 bits per heavy atom. The summed E-state index contributed by atoms with van der Waals surface area (Å²) in [5, 5.41) is 4.81. The van der Waals surface area contributed by atoms with Gasteiger partial charge in [0, 0.05) is 5.02 Å². The van der Waals surface area contributed by atoms with Gasteiger partial charge in [0.05, 0.1) is 17.5 Å². The van der Waals surface area contributed by atoms with Gasteiger partial charge in [-0.25, -0.2) is 5.43 Å². The molecule has 0 bridgehead atoms. The van der Waals surface area contributed by atoms with Gasteiger partial charge in [-0.05, 0) is 37.1 Å². The molecule has 0 aliphatic heterocycles. The summed E-state index contributed by atoms with van der Waals surface area (Å²) < 4.78 is 5.09. The molecule has 1 aromatic heterocycles. The van der Waals surface area contributed by atoms with Crippen LogP contribution in [0.15, 0.2) is 46.1 Å². The van der Waals surface area contributed by atoms with Gasteiger partial charge in [0.25, 0.3) is 5.91 Å². The van der Waals surface area contributed by atoms with Crippen LogP contribution in [-0.2, 0) is 0 Å². The van der Waals surface area contributed by atoms with Crippen molar-refractivity contribution in [1.29, 1.82) is 0 Å². The van der Waals surface area contributed by atoms with Gasteiger partial charge in [0.1, 0.15) is 5.76 Å². The number of nitrogens with one attached hydrogen (secondary N) is 1. The van der Waals surface area contributed by atoms with Crippen molar-refractivity contribution in [2.75, 3.05) is 0 Å². The number of hydrogen-bond acceptors (Lipinski definition) is 3. The minimum absolute atomic E-state index is 0.288. The Balaban J connectivity index is 2.16. The lowest BCUT2D eigenvalue weighted by molar-refractivity contribution is 0.0953. The van der Waals surface area contributed by atoms with Crippen LogP contribution in [0.1, 0.15) is 35.0 Å². The molecule has 0 fully saturated rings. The molecule has 0 unspecified atom stereocenters. The third-order valence-corrected chi connectivity index (χ3v) is 3.12. The van der Waals surface area contributed by atoms with Crippen molar-refractivity contribution in [3.05, 3.63) is 58.5 Å². The predicted molar refractivity (Wildman–Crippen MR) is 79.2 cm³/mol. The van der Waals surface area contributed by atoms with Gasteiger partial charge in [0.15, 0.2) is 0 Å². The van der Waals surface area contributed by atoms with Gasteiger partial charge >= 0.3 is 0 Å². The van der Waals surface area contributed by atoms with Crippen LogP contribution in [0.25, 0.3) is 0 Å². The first kappa shape index (κ1) is 14.3. The molecule has 2 rings (SSSR count). The summed E-state index contributed by atoms with van der Waals surface area (Å²) in [5.74, 6) is 0.280. The minimum atomic E-state index is -0.288. The molecule has 20 heavy (non-hydrogen) atoms. The van der Waals surface area contributed by atoms with E-state index in [2.05, 4.69) is 10.5 Å². The molecule has 0 aliphatic rings. The summed E-state index contributed by atoms with van der Waals surface area (Å²) in [7, 11) is 0. The first-order valence-corrected chi connectivity index (χ1v) is 6.66. The smallest absolute Gasteiger partial charge is 0.274 e. The molecular weight excluding hydrogens is 276 g/mol.